The van der Waals surface area contributed by atoms with E-state index in [1.807, 2.05) is 0 Å². The second kappa shape index (κ2) is 22.7. The number of aryl methyl sites for hydroxylation is 1. The van der Waals surface area contributed by atoms with Gasteiger partial charge in [-0.05, 0) is 61.7 Å². The lowest BCUT2D eigenvalue weighted by Crippen LogP contribution is -2.33. The van der Waals surface area contributed by atoms with Gasteiger partial charge in [0.05, 0.1) is 30.1 Å². The molecule has 2 aromatic carbocycles. The van der Waals surface area contributed by atoms with Crippen LogP contribution in [0.1, 0.15) is 92.8 Å². The summed E-state index contributed by atoms with van der Waals surface area (Å²) in [5, 5.41) is 33.3. The number of rotatable bonds is 23. The number of aliphatic hydroxyl groups excluding tert-OH is 1. The van der Waals surface area contributed by atoms with E-state index in [1.165, 1.54) is 48.4 Å². The zero-order valence-corrected chi connectivity index (χ0v) is 39.3. The van der Waals surface area contributed by atoms with Crippen molar-refractivity contribution >= 4 is 59.9 Å². The third-order valence-electron chi connectivity index (χ3n) is 11.9. The third kappa shape index (κ3) is 12.8. The van der Waals surface area contributed by atoms with Gasteiger partial charge in [0, 0.05) is 77.7 Å². The maximum atomic E-state index is 13.0. The Morgan fingerprint density at radius 2 is 1.67 bits per heavy atom. The Morgan fingerprint density at radius 3 is 2.42 bits per heavy atom. The molecule has 7 rings (SSSR count). The molecule has 20 nitrogen and oxygen atoms in total. The number of aromatic amines is 1. The van der Waals surface area contributed by atoms with Gasteiger partial charge in [0.15, 0.2) is 5.43 Å². The van der Waals surface area contributed by atoms with Crippen LogP contribution in [0.25, 0.3) is 33.4 Å². The molecule has 3 amide bonds. The summed E-state index contributed by atoms with van der Waals surface area (Å²) in [4.78, 5) is 103. The van der Waals surface area contributed by atoms with Crippen LogP contribution in [0.4, 0.5) is 5.69 Å². The second-order valence-corrected chi connectivity index (χ2v) is 19.7. The minimum absolute atomic E-state index is 0.00158. The van der Waals surface area contributed by atoms with Crippen molar-refractivity contribution in [1.29, 1.82) is 0 Å². The molecule has 368 valence electrons. The largest absolute Gasteiger partial charge is 0.756 e. The first kappa shape index (κ1) is 50.9. The number of phosphoric acid groups is 1. The van der Waals surface area contributed by atoms with E-state index in [2.05, 4.69) is 10.3 Å². The summed E-state index contributed by atoms with van der Waals surface area (Å²) in [6.45, 7) is 0.878. The number of aromatic hydroxyl groups is 1. The first-order valence-corrected chi connectivity index (χ1v) is 25.1. The molecular formula is C47H52N4O16PS-. The van der Waals surface area contributed by atoms with E-state index in [0.717, 1.165) is 54.9 Å². The number of amides is 3. The number of carbonyl (C=O) groups excluding carboxylic acids is 3. The number of H-pyrrole nitrogens is 1. The number of carbonyl (C=O) groups is 4. The first-order chi connectivity index (χ1) is 33.0. The van der Waals surface area contributed by atoms with Crippen molar-refractivity contribution < 1.29 is 62.2 Å². The van der Waals surface area contributed by atoms with Gasteiger partial charge in [0.2, 0.25) is 17.7 Å². The maximum Gasteiger partial charge on any atom is 0.336 e. The number of phenols is 1. The van der Waals surface area contributed by atoms with Crippen LogP contribution in [0.2, 0.25) is 0 Å². The van der Waals surface area contributed by atoms with Crippen LogP contribution in [0.5, 0.6) is 5.75 Å². The molecule has 0 spiro atoms. The average Bonchev–Trinajstić information content (AvgIpc) is 3.80. The van der Waals surface area contributed by atoms with Crippen molar-refractivity contribution in [1.82, 2.24) is 14.5 Å². The molecule has 22 heteroatoms. The van der Waals surface area contributed by atoms with Crippen molar-refractivity contribution in [2.24, 2.45) is 0 Å². The number of ether oxygens (including phenoxy) is 1. The Balaban J connectivity index is 0.751. The molecule has 4 heterocycles. The number of phosphoric ester groups is 1. The summed E-state index contributed by atoms with van der Waals surface area (Å²) in [5.74, 6) is -1.84. The van der Waals surface area contributed by atoms with Crippen molar-refractivity contribution in [2.45, 2.75) is 101 Å². The standard InChI is InChI=1S/C47H53N4O16PS/c1-27-25-51(47(61)49-44(27)57)42-23-35(54)38(67-42)26-65-68(62,63)64-18-19-69-39-24-41(56)50(45(39)58)17-9-7-5-3-2-4-6-8-10-40(55)48-28-11-14-31(34(20-28)46(59)60)43-32-15-12-29(52)21-36(32)66-37-22-30(53)13-16-33(37)43/h11-16,20-22,25,35,38-39,42,52,54H,2-10,17-19,23-24,26H2,1H3,(H,48,55)(H,59,60)(H,62,63)(H,49,57,61)/p-1/t35-,38-,39?,42-/m1/s1. The highest BCUT2D eigenvalue weighted by molar-refractivity contribution is 8.00. The quantitative estimate of drug-likeness (QED) is 0.0240. The number of aromatic carboxylic acids is 1. The summed E-state index contributed by atoms with van der Waals surface area (Å²) in [6, 6.07) is 13.3. The van der Waals surface area contributed by atoms with E-state index >= 15 is 0 Å². The number of carboxylic acids is 1. The number of phenolic OH excluding ortho intramolecular Hbond substituents is 1. The highest BCUT2D eigenvalue weighted by Crippen LogP contribution is 2.43. The number of benzene rings is 3. The Kier molecular flexibility index (Phi) is 16.7. The fraction of sp³-hybridized carbons (Fsp3) is 0.426. The average molecular weight is 992 g/mol. The number of nitrogens with zero attached hydrogens (tertiary/aromatic N) is 2. The number of fused-ring (bicyclic) bond motifs is 2. The molecular weight excluding hydrogens is 940 g/mol. The maximum absolute atomic E-state index is 13.0. The molecule has 2 saturated heterocycles. The number of hydrogen-bond donors (Lipinski definition) is 5. The van der Waals surface area contributed by atoms with Crippen LogP contribution in [0, 0.1) is 6.92 Å². The van der Waals surface area contributed by atoms with Gasteiger partial charge in [-0.15, -0.1) is 11.8 Å². The molecule has 5 N–H and O–H groups in total. The Labute approximate surface area is 398 Å². The van der Waals surface area contributed by atoms with Crippen molar-refractivity contribution in [3.63, 3.8) is 0 Å². The lowest BCUT2D eigenvalue weighted by Gasteiger charge is -2.25. The number of unbranched alkanes of at least 4 members (excludes halogenated alkanes) is 7. The highest BCUT2D eigenvalue weighted by Gasteiger charge is 2.39. The summed E-state index contributed by atoms with van der Waals surface area (Å²) < 4.78 is 34.8. The zero-order chi connectivity index (χ0) is 49.4. The predicted octanol–water partition coefficient (Wildman–Crippen LogP) is 5.29. The van der Waals surface area contributed by atoms with Crippen LogP contribution < -0.4 is 26.9 Å². The topological polar surface area (TPSA) is 297 Å². The van der Waals surface area contributed by atoms with Crippen LogP contribution >= 0.6 is 19.6 Å². The third-order valence-corrected chi connectivity index (χ3v) is 14.1. The smallest absolute Gasteiger partial charge is 0.336 e. The highest BCUT2D eigenvalue weighted by atomic mass is 32.2. The molecule has 69 heavy (non-hydrogen) atoms. The number of imide groups is 1. The van der Waals surface area contributed by atoms with Gasteiger partial charge in [-0.2, -0.15) is 0 Å². The van der Waals surface area contributed by atoms with Gasteiger partial charge < -0.3 is 43.7 Å². The molecule has 1 aromatic heterocycles. The van der Waals surface area contributed by atoms with E-state index in [4.69, 9.17) is 18.2 Å². The second-order valence-electron chi connectivity index (χ2n) is 16.9. The van der Waals surface area contributed by atoms with Crippen LogP contribution in [0.3, 0.4) is 0 Å². The van der Waals surface area contributed by atoms with E-state index in [-0.39, 0.29) is 89.5 Å². The summed E-state index contributed by atoms with van der Waals surface area (Å²) >= 11 is 1.11. The van der Waals surface area contributed by atoms with Crippen molar-refractivity contribution in [3.8, 4) is 28.2 Å². The minimum Gasteiger partial charge on any atom is -0.756 e. The van der Waals surface area contributed by atoms with Crippen molar-refractivity contribution in [2.75, 3.05) is 30.8 Å². The first-order valence-electron chi connectivity index (χ1n) is 22.6. The van der Waals surface area contributed by atoms with Gasteiger partial charge in [0.25, 0.3) is 13.4 Å². The number of hydrogen-bond acceptors (Lipinski definition) is 16. The van der Waals surface area contributed by atoms with Crippen molar-refractivity contribution in [3.05, 3.63) is 103 Å². The molecule has 3 aromatic rings. The summed E-state index contributed by atoms with van der Waals surface area (Å²) in [6.07, 6.45) is 4.87. The lowest BCUT2D eigenvalue weighted by atomic mass is 9.90. The van der Waals surface area contributed by atoms with Gasteiger partial charge in [0.1, 0.15) is 29.4 Å². The molecule has 0 bridgehead atoms. The molecule has 3 aliphatic heterocycles. The molecule has 4 aliphatic rings. The van der Waals surface area contributed by atoms with E-state index in [0.29, 0.717) is 40.6 Å². The monoisotopic (exact) mass is 991 g/mol. The Morgan fingerprint density at radius 1 is 0.942 bits per heavy atom. The Bertz CT molecular complexity index is 2920. The molecule has 5 atom stereocenters. The minimum atomic E-state index is -4.84. The van der Waals surface area contributed by atoms with Gasteiger partial charge in [-0.3, -0.25) is 43.0 Å². The zero-order valence-electron chi connectivity index (χ0n) is 37.6. The number of nitrogens with one attached hydrogen (secondary N) is 2. The number of anilines is 1. The number of aliphatic hydroxyl groups is 1. The van der Waals surface area contributed by atoms with Crippen LogP contribution in [-0.4, -0.2) is 96.4 Å². The van der Waals surface area contributed by atoms with E-state index in [1.54, 1.807) is 24.3 Å². The molecule has 2 fully saturated rings. The number of likely N-dealkylation sites (tertiary alicyclic amines) is 1. The fourth-order valence-electron chi connectivity index (χ4n) is 8.40. The van der Waals surface area contributed by atoms with Gasteiger partial charge >= 0.3 is 11.7 Å². The predicted molar refractivity (Wildman–Crippen MR) is 251 cm³/mol. The van der Waals surface area contributed by atoms with Gasteiger partial charge in [-0.1, -0.05) is 44.6 Å². The molecule has 2 unspecified atom stereocenters. The molecule has 0 saturated carbocycles. The fourth-order valence-corrected chi connectivity index (χ4v) is 10.2. The van der Waals surface area contributed by atoms with Crippen LogP contribution in [-0.2, 0) is 32.7 Å². The summed E-state index contributed by atoms with van der Waals surface area (Å²) in [5.41, 5.74) is 0.523. The number of carboxylic acid groups (broad SMARTS) is 1. The lowest BCUT2D eigenvalue weighted by molar-refractivity contribution is -0.228. The van der Waals surface area contributed by atoms with Crippen LogP contribution in [0.15, 0.2) is 79.6 Å². The number of thioether (sulfide) groups is 1. The molecule has 0 radical (unpaired) electrons. The van der Waals surface area contributed by atoms with E-state index in [9.17, 15) is 58.3 Å². The van der Waals surface area contributed by atoms with E-state index < -0.39 is 55.3 Å². The number of aromatic nitrogens is 2. The Hall–Kier alpha value is -5.93. The molecule has 1 aliphatic carbocycles. The SMILES string of the molecule is Cc1cn([C@H]2C[C@@H](O)[C@@H](COP(=O)([O-])OCCSC3CC(=O)N(CCCCCCCCCCC(=O)Nc4ccc(-c5c6ccc(=O)cc-6oc6cc(O)ccc56)c(C(=O)O)c4)C3=O)O2)c(=O)[nH]c1=O. The van der Waals surface area contributed by atoms with Gasteiger partial charge in [-0.25, -0.2) is 9.59 Å². The summed E-state index contributed by atoms with van der Waals surface area (Å²) in [7, 11) is -4.84. The normalized spacial score (nSPS) is 19.1.